The second-order valence-electron chi connectivity index (χ2n) is 4.99. The molecule has 1 saturated heterocycles. The van der Waals surface area contributed by atoms with Crippen molar-refractivity contribution < 1.29 is 8.42 Å². The molecule has 5 heteroatoms. The zero-order valence-corrected chi connectivity index (χ0v) is 11.9. The molecule has 1 aliphatic rings. The summed E-state index contributed by atoms with van der Waals surface area (Å²) in [5.74, 6) is 0.157. The van der Waals surface area contributed by atoms with E-state index in [1.807, 2.05) is 39.0 Å². The lowest BCUT2D eigenvalue weighted by molar-refractivity contribution is 0.586. The molecule has 1 N–H and O–H groups in total. The summed E-state index contributed by atoms with van der Waals surface area (Å²) in [6.07, 6.45) is 0. The van der Waals surface area contributed by atoms with Crippen molar-refractivity contribution in [3.8, 4) is 0 Å². The molecule has 1 aliphatic heterocycles. The number of benzene rings is 1. The summed E-state index contributed by atoms with van der Waals surface area (Å²) in [5, 5.41) is 3.21. The second kappa shape index (κ2) is 4.90. The maximum absolute atomic E-state index is 12.3. The number of nitrogens with one attached hydrogen (secondary N) is 1. The van der Waals surface area contributed by atoms with Crippen LogP contribution in [-0.2, 0) is 10.0 Å². The van der Waals surface area contributed by atoms with Gasteiger partial charge in [-0.1, -0.05) is 17.7 Å². The van der Waals surface area contributed by atoms with Crippen molar-refractivity contribution in [2.24, 2.45) is 0 Å². The van der Waals surface area contributed by atoms with Gasteiger partial charge in [-0.25, -0.2) is 8.42 Å². The van der Waals surface area contributed by atoms with Crippen LogP contribution < -0.4 is 9.62 Å². The number of nitrogens with zero attached hydrogens (tertiary/aromatic N) is 1. The van der Waals surface area contributed by atoms with Gasteiger partial charge in [0.2, 0.25) is 10.0 Å². The average Bonchev–Trinajstić information content (AvgIpc) is 2.38. The summed E-state index contributed by atoms with van der Waals surface area (Å²) in [7, 11) is -3.21. The van der Waals surface area contributed by atoms with Gasteiger partial charge in [0.15, 0.2) is 0 Å². The van der Waals surface area contributed by atoms with E-state index in [0.717, 1.165) is 16.8 Å². The summed E-state index contributed by atoms with van der Waals surface area (Å²) in [6.45, 7) is 6.99. The third-order valence-corrected chi connectivity index (χ3v) is 4.99. The van der Waals surface area contributed by atoms with Crippen molar-refractivity contribution in [2.75, 3.05) is 23.1 Å². The standard InChI is InChI=1S/C13H20N2O2S/c1-10-4-5-13(11(2)8-10)15-9-12(3)14-6-7-18(15,16)17/h4-5,8,12,14H,6-7,9H2,1-3H3. The Labute approximate surface area is 109 Å². The van der Waals surface area contributed by atoms with Crippen molar-refractivity contribution in [1.82, 2.24) is 5.32 Å². The lowest BCUT2D eigenvalue weighted by atomic mass is 10.1. The highest BCUT2D eigenvalue weighted by molar-refractivity contribution is 7.92. The van der Waals surface area contributed by atoms with Crippen molar-refractivity contribution >= 4 is 15.7 Å². The van der Waals surface area contributed by atoms with Crippen molar-refractivity contribution in [2.45, 2.75) is 26.8 Å². The van der Waals surface area contributed by atoms with Crippen LogP contribution in [0.25, 0.3) is 0 Å². The van der Waals surface area contributed by atoms with Crippen molar-refractivity contribution in [3.05, 3.63) is 29.3 Å². The molecule has 1 unspecified atom stereocenters. The predicted molar refractivity (Wildman–Crippen MR) is 74.5 cm³/mol. The molecule has 0 bridgehead atoms. The normalized spacial score (nSPS) is 23.7. The minimum Gasteiger partial charge on any atom is -0.311 e. The lowest BCUT2D eigenvalue weighted by Gasteiger charge is -2.25. The molecule has 4 nitrogen and oxygen atoms in total. The number of hydrogen-bond donors (Lipinski definition) is 1. The Morgan fingerprint density at radius 3 is 2.72 bits per heavy atom. The SMILES string of the molecule is Cc1ccc(N2CC(C)NCCS2(=O)=O)c(C)c1. The van der Waals surface area contributed by atoms with E-state index >= 15 is 0 Å². The summed E-state index contributed by atoms with van der Waals surface area (Å²) in [5.41, 5.74) is 2.96. The fraction of sp³-hybridized carbons (Fsp3) is 0.538. The molecule has 2 rings (SSSR count). The Bertz CT molecular complexity index is 540. The van der Waals surface area contributed by atoms with Gasteiger partial charge in [-0.2, -0.15) is 0 Å². The Kier molecular flexibility index (Phi) is 3.64. The minimum atomic E-state index is -3.21. The molecule has 100 valence electrons. The molecule has 1 heterocycles. The van der Waals surface area contributed by atoms with Crippen LogP contribution >= 0.6 is 0 Å². The first kappa shape index (κ1) is 13.4. The lowest BCUT2D eigenvalue weighted by Crippen LogP contribution is -2.38. The van der Waals surface area contributed by atoms with Gasteiger partial charge in [0.25, 0.3) is 0 Å². The highest BCUT2D eigenvalue weighted by Gasteiger charge is 2.28. The molecule has 0 spiro atoms. The largest absolute Gasteiger partial charge is 0.311 e. The summed E-state index contributed by atoms with van der Waals surface area (Å²) < 4.78 is 26.1. The Hall–Kier alpha value is -1.07. The molecular formula is C13H20N2O2S. The van der Waals surface area contributed by atoms with Gasteiger partial charge in [0.05, 0.1) is 11.4 Å². The molecule has 0 saturated carbocycles. The molecule has 1 fully saturated rings. The minimum absolute atomic E-state index is 0.157. The second-order valence-corrected chi connectivity index (χ2v) is 7.01. The fourth-order valence-corrected chi connectivity index (χ4v) is 3.86. The predicted octanol–water partition coefficient (Wildman–Crippen LogP) is 1.43. The van der Waals surface area contributed by atoms with Gasteiger partial charge in [-0.05, 0) is 32.4 Å². The molecule has 0 radical (unpaired) electrons. The van der Waals surface area contributed by atoms with Crippen LogP contribution in [-0.4, -0.2) is 33.3 Å². The van der Waals surface area contributed by atoms with E-state index in [2.05, 4.69) is 5.32 Å². The van der Waals surface area contributed by atoms with Gasteiger partial charge in [0.1, 0.15) is 0 Å². The molecule has 18 heavy (non-hydrogen) atoms. The smallest absolute Gasteiger partial charge is 0.236 e. The van der Waals surface area contributed by atoms with Gasteiger partial charge in [0, 0.05) is 19.1 Å². The van der Waals surface area contributed by atoms with E-state index in [4.69, 9.17) is 0 Å². The third-order valence-electron chi connectivity index (χ3n) is 3.25. The first-order chi connectivity index (χ1) is 8.40. The highest BCUT2D eigenvalue weighted by Crippen LogP contribution is 2.25. The number of rotatable bonds is 1. The first-order valence-electron chi connectivity index (χ1n) is 6.21. The van der Waals surface area contributed by atoms with Gasteiger partial charge in [-0.15, -0.1) is 0 Å². The van der Waals surface area contributed by atoms with Crippen molar-refractivity contribution in [3.63, 3.8) is 0 Å². The summed E-state index contributed by atoms with van der Waals surface area (Å²) in [6, 6.07) is 6.05. The maximum atomic E-state index is 12.3. The Morgan fingerprint density at radius 1 is 1.33 bits per heavy atom. The maximum Gasteiger partial charge on any atom is 0.236 e. The quantitative estimate of drug-likeness (QED) is 0.838. The topological polar surface area (TPSA) is 49.4 Å². The summed E-state index contributed by atoms with van der Waals surface area (Å²) in [4.78, 5) is 0. The number of sulfonamides is 1. The molecule has 0 aromatic heterocycles. The van der Waals surface area contributed by atoms with Crippen LogP contribution in [0.5, 0.6) is 0 Å². The van der Waals surface area contributed by atoms with Crippen LogP contribution in [0.2, 0.25) is 0 Å². The van der Waals surface area contributed by atoms with E-state index in [1.165, 1.54) is 0 Å². The molecule has 1 aromatic rings. The molecular weight excluding hydrogens is 248 g/mol. The highest BCUT2D eigenvalue weighted by atomic mass is 32.2. The first-order valence-corrected chi connectivity index (χ1v) is 7.82. The van der Waals surface area contributed by atoms with E-state index < -0.39 is 10.0 Å². The van der Waals surface area contributed by atoms with Gasteiger partial charge >= 0.3 is 0 Å². The molecule has 0 amide bonds. The molecule has 1 aromatic carbocycles. The third kappa shape index (κ3) is 2.67. The molecule has 0 aliphatic carbocycles. The van der Waals surface area contributed by atoms with Crippen LogP contribution in [0.1, 0.15) is 18.1 Å². The van der Waals surface area contributed by atoms with Gasteiger partial charge < -0.3 is 5.32 Å². The Morgan fingerprint density at radius 2 is 2.06 bits per heavy atom. The van der Waals surface area contributed by atoms with Crippen molar-refractivity contribution in [1.29, 1.82) is 0 Å². The average molecular weight is 268 g/mol. The number of anilines is 1. The van der Waals surface area contributed by atoms with Gasteiger partial charge in [-0.3, -0.25) is 4.31 Å². The monoisotopic (exact) mass is 268 g/mol. The van der Waals surface area contributed by atoms with E-state index in [-0.39, 0.29) is 11.8 Å². The van der Waals surface area contributed by atoms with E-state index in [9.17, 15) is 8.42 Å². The van der Waals surface area contributed by atoms with Crippen LogP contribution in [0.3, 0.4) is 0 Å². The Balaban J connectivity index is 2.45. The van der Waals surface area contributed by atoms with Crippen LogP contribution in [0.15, 0.2) is 18.2 Å². The number of hydrogen-bond acceptors (Lipinski definition) is 3. The van der Waals surface area contributed by atoms with E-state index in [1.54, 1.807) is 4.31 Å². The van der Waals surface area contributed by atoms with Crippen LogP contribution in [0.4, 0.5) is 5.69 Å². The van der Waals surface area contributed by atoms with Crippen LogP contribution in [0, 0.1) is 13.8 Å². The number of aryl methyl sites for hydroxylation is 2. The van der Waals surface area contributed by atoms with E-state index in [0.29, 0.717) is 13.1 Å². The fourth-order valence-electron chi connectivity index (χ4n) is 2.30. The zero-order valence-electron chi connectivity index (χ0n) is 11.1. The zero-order chi connectivity index (χ0) is 13.3. The molecule has 1 atom stereocenters. The summed E-state index contributed by atoms with van der Waals surface area (Å²) >= 11 is 0.